The maximum absolute atomic E-state index is 12.3. The van der Waals surface area contributed by atoms with Gasteiger partial charge < -0.3 is 10.6 Å². The normalized spacial score (nSPS) is 16.1. The summed E-state index contributed by atoms with van der Waals surface area (Å²) >= 11 is 0. The number of aryl methyl sites for hydroxylation is 1. The fourth-order valence-electron chi connectivity index (χ4n) is 3.31. The molecule has 2 aromatic rings. The van der Waals surface area contributed by atoms with Gasteiger partial charge in [-0.25, -0.2) is 4.79 Å². The number of pyridine rings is 1. The Morgan fingerprint density at radius 3 is 2.73 bits per heavy atom. The fourth-order valence-corrected chi connectivity index (χ4v) is 3.31. The summed E-state index contributed by atoms with van der Waals surface area (Å²) in [6, 6.07) is 11.8. The summed E-state index contributed by atoms with van der Waals surface area (Å²) in [5, 5.41) is 5.91. The minimum absolute atomic E-state index is 0.0976. The Hall–Kier alpha value is -2.40. The Morgan fingerprint density at radius 2 is 2.00 bits per heavy atom. The number of amides is 2. The number of piperidine rings is 1. The van der Waals surface area contributed by atoms with Crippen LogP contribution in [-0.4, -0.2) is 29.0 Å². The minimum Gasteiger partial charge on any atom is -0.331 e. The van der Waals surface area contributed by atoms with Gasteiger partial charge in [-0.1, -0.05) is 24.6 Å². The standard InChI is InChI=1S/C21H28N4O/c1-16-9-10-19(14-22-16)17(2)23-21(26)24-20-8-6-7-18(13-20)15-25-11-4-3-5-12-25/h6-10,13-14,17H,3-5,11-12,15H2,1-2H3,(H2,23,24,26)/t17-/m1/s1. The van der Waals surface area contributed by atoms with Crippen molar-refractivity contribution in [3.05, 3.63) is 59.4 Å². The molecule has 26 heavy (non-hydrogen) atoms. The van der Waals surface area contributed by atoms with E-state index in [-0.39, 0.29) is 12.1 Å². The molecule has 2 amide bonds. The van der Waals surface area contributed by atoms with Gasteiger partial charge in [-0.2, -0.15) is 0 Å². The number of rotatable bonds is 5. The van der Waals surface area contributed by atoms with Crippen molar-refractivity contribution in [1.29, 1.82) is 0 Å². The van der Waals surface area contributed by atoms with Gasteiger partial charge >= 0.3 is 6.03 Å². The number of anilines is 1. The number of urea groups is 1. The monoisotopic (exact) mass is 352 g/mol. The Morgan fingerprint density at radius 1 is 1.19 bits per heavy atom. The van der Waals surface area contributed by atoms with Crippen LogP contribution in [0.1, 0.15) is 49.0 Å². The minimum atomic E-state index is -0.201. The number of nitrogens with one attached hydrogen (secondary N) is 2. The van der Waals surface area contributed by atoms with Gasteiger partial charge in [0.1, 0.15) is 0 Å². The molecule has 1 atom stereocenters. The lowest BCUT2D eigenvalue weighted by molar-refractivity contribution is 0.221. The van der Waals surface area contributed by atoms with Crippen molar-refractivity contribution in [3.8, 4) is 0 Å². The van der Waals surface area contributed by atoms with Gasteiger partial charge in [0, 0.05) is 24.1 Å². The lowest BCUT2D eigenvalue weighted by Crippen LogP contribution is -2.31. The molecule has 3 rings (SSSR count). The van der Waals surface area contributed by atoms with Gasteiger partial charge in [0.05, 0.1) is 6.04 Å². The summed E-state index contributed by atoms with van der Waals surface area (Å²) in [6.07, 6.45) is 5.71. The second-order valence-corrected chi connectivity index (χ2v) is 7.09. The van der Waals surface area contributed by atoms with E-state index in [0.717, 1.165) is 23.5 Å². The molecule has 1 saturated heterocycles. The number of benzene rings is 1. The first-order valence-electron chi connectivity index (χ1n) is 9.41. The molecule has 2 N–H and O–H groups in total. The maximum atomic E-state index is 12.3. The molecule has 0 radical (unpaired) electrons. The van der Waals surface area contributed by atoms with E-state index in [1.807, 2.05) is 38.1 Å². The Kier molecular flexibility index (Phi) is 6.23. The molecule has 2 heterocycles. The zero-order valence-electron chi connectivity index (χ0n) is 15.7. The van der Waals surface area contributed by atoms with Crippen molar-refractivity contribution < 1.29 is 4.79 Å². The average Bonchev–Trinajstić information content (AvgIpc) is 2.63. The second kappa shape index (κ2) is 8.81. The number of aromatic nitrogens is 1. The van der Waals surface area contributed by atoms with Crippen molar-refractivity contribution in [1.82, 2.24) is 15.2 Å². The molecular weight excluding hydrogens is 324 g/mol. The quantitative estimate of drug-likeness (QED) is 0.845. The Balaban J connectivity index is 1.55. The molecule has 0 unspecified atom stereocenters. The molecule has 0 saturated carbocycles. The number of hydrogen-bond donors (Lipinski definition) is 2. The van der Waals surface area contributed by atoms with Crippen molar-refractivity contribution in [2.75, 3.05) is 18.4 Å². The van der Waals surface area contributed by atoms with E-state index in [2.05, 4.69) is 32.7 Å². The lowest BCUT2D eigenvalue weighted by atomic mass is 10.1. The molecular formula is C21H28N4O. The smallest absolute Gasteiger partial charge is 0.319 e. The number of likely N-dealkylation sites (tertiary alicyclic amines) is 1. The van der Waals surface area contributed by atoms with Crippen LogP contribution in [0.5, 0.6) is 0 Å². The molecule has 5 heteroatoms. The summed E-state index contributed by atoms with van der Waals surface area (Å²) in [7, 11) is 0. The molecule has 1 aliphatic rings. The summed E-state index contributed by atoms with van der Waals surface area (Å²) in [4.78, 5) is 19.1. The molecule has 1 aromatic carbocycles. The van der Waals surface area contributed by atoms with E-state index in [4.69, 9.17) is 0 Å². The third-order valence-electron chi connectivity index (χ3n) is 4.82. The number of carbonyl (C=O) groups excluding carboxylic acids is 1. The zero-order chi connectivity index (χ0) is 18.4. The van der Waals surface area contributed by atoms with E-state index in [1.54, 1.807) is 6.20 Å². The van der Waals surface area contributed by atoms with E-state index in [0.29, 0.717) is 0 Å². The van der Waals surface area contributed by atoms with Crippen LogP contribution in [0.4, 0.5) is 10.5 Å². The summed E-state index contributed by atoms with van der Waals surface area (Å²) in [5.41, 5.74) is 4.02. The van der Waals surface area contributed by atoms with Crippen molar-refractivity contribution in [2.45, 2.75) is 45.7 Å². The summed E-state index contributed by atoms with van der Waals surface area (Å²) in [6.45, 7) is 7.19. The van der Waals surface area contributed by atoms with Crippen LogP contribution in [0.2, 0.25) is 0 Å². The maximum Gasteiger partial charge on any atom is 0.319 e. The highest BCUT2D eigenvalue weighted by atomic mass is 16.2. The van der Waals surface area contributed by atoms with Gasteiger partial charge in [-0.15, -0.1) is 0 Å². The lowest BCUT2D eigenvalue weighted by Gasteiger charge is -2.26. The van der Waals surface area contributed by atoms with Crippen LogP contribution in [0.15, 0.2) is 42.6 Å². The van der Waals surface area contributed by atoms with Crippen LogP contribution in [0, 0.1) is 6.92 Å². The number of nitrogens with zero attached hydrogens (tertiary/aromatic N) is 2. The van der Waals surface area contributed by atoms with Crippen LogP contribution < -0.4 is 10.6 Å². The SMILES string of the molecule is Cc1ccc([C@@H](C)NC(=O)Nc2cccc(CN3CCCCC3)c2)cn1. The molecule has 0 bridgehead atoms. The van der Waals surface area contributed by atoms with Crippen molar-refractivity contribution >= 4 is 11.7 Å². The molecule has 0 aliphatic carbocycles. The van der Waals surface area contributed by atoms with Crippen LogP contribution >= 0.6 is 0 Å². The Labute approximate surface area is 155 Å². The first-order valence-corrected chi connectivity index (χ1v) is 9.41. The molecule has 5 nitrogen and oxygen atoms in total. The predicted octanol–water partition coefficient (Wildman–Crippen LogP) is 4.26. The predicted molar refractivity (Wildman–Crippen MR) is 105 cm³/mol. The summed E-state index contributed by atoms with van der Waals surface area (Å²) in [5.74, 6) is 0. The van der Waals surface area contributed by atoms with Gasteiger partial charge in [0.25, 0.3) is 0 Å². The molecule has 138 valence electrons. The van der Waals surface area contributed by atoms with Crippen LogP contribution in [-0.2, 0) is 6.54 Å². The number of carbonyl (C=O) groups is 1. The van der Waals surface area contributed by atoms with Gasteiger partial charge in [-0.05, 0) is 69.1 Å². The molecule has 1 aromatic heterocycles. The highest BCUT2D eigenvalue weighted by Crippen LogP contribution is 2.17. The summed E-state index contributed by atoms with van der Waals surface area (Å²) < 4.78 is 0. The van der Waals surface area contributed by atoms with Crippen LogP contribution in [0.25, 0.3) is 0 Å². The third kappa shape index (κ3) is 5.30. The Bertz CT molecular complexity index is 723. The van der Waals surface area contributed by atoms with E-state index in [9.17, 15) is 4.79 Å². The topological polar surface area (TPSA) is 57.3 Å². The first-order chi connectivity index (χ1) is 12.6. The molecule has 0 spiro atoms. The van der Waals surface area contributed by atoms with Crippen molar-refractivity contribution in [2.24, 2.45) is 0 Å². The van der Waals surface area contributed by atoms with Gasteiger partial charge in [-0.3, -0.25) is 9.88 Å². The molecule has 1 aliphatic heterocycles. The zero-order valence-corrected chi connectivity index (χ0v) is 15.7. The second-order valence-electron chi connectivity index (χ2n) is 7.09. The third-order valence-corrected chi connectivity index (χ3v) is 4.82. The van der Waals surface area contributed by atoms with Gasteiger partial charge in [0.2, 0.25) is 0 Å². The van der Waals surface area contributed by atoms with E-state index < -0.39 is 0 Å². The highest BCUT2D eigenvalue weighted by Gasteiger charge is 2.12. The van der Waals surface area contributed by atoms with Crippen molar-refractivity contribution in [3.63, 3.8) is 0 Å². The number of hydrogen-bond acceptors (Lipinski definition) is 3. The van der Waals surface area contributed by atoms with E-state index >= 15 is 0 Å². The van der Waals surface area contributed by atoms with Crippen LogP contribution in [0.3, 0.4) is 0 Å². The fraction of sp³-hybridized carbons (Fsp3) is 0.429. The largest absolute Gasteiger partial charge is 0.331 e. The average molecular weight is 352 g/mol. The molecule has 1 fully saturated rings. The highest BCUT2D eigenvalue weighted by molar-refractivity contribution is 5.89. The van der Waals surface area contributed by atoms with Gasteiger partial charge in [0.15, 0.2) is 0 Å². The first kappa shape index (κ1) is 18.4. The van der Waals surface area contributed by atoms with E-state index in [1.165, 1.54) is 37.9 Å².